The highest BCUT2D eigenvalue weighted by molar-refractivity contribution is 5.57. The van der Waals surface area contributed by atoms with E-state index in [0.29, 0.717) is 11.3 Å². The first-order valence-corrected chi connectivity index (χ1v) is 5.29. The number of nitrogen functional groups attached to an aromatic ring is 1. The quantitative estimate of drug-likeness (QED) is 0.541. The lowest BCUT2D eigenvalue weighted by Gasteiger charge is -1.97. The Morgan fingerprint density at radius 2 is 1.71 bits per heavy atom. The molecule has 2 heteroatoms. The molecule has 0 radical (unpaired) electrons. The molecular weight excluding hydrogens is 213 g/mol. The van der Waals surface area contributed by atoms with Gasteiger partial charge in [-0.25, -0.2) is 4.39 Å². The van der Waals surface area contributed by atoms with E-state index in [2.05, 4.69) is 11.8 Å². The Kier molecular flexibility index (Phi) is 3.11. The van der Waals surface area contributed by atoms with Gasteiger partial charge in [0.15, 0.2) is 0 Å². The number of hydrogen-bond acceptors (Lipinski definition) is 1. The van der Waals surface area contributed by atoms with Crippen molar-refractivity contribution in [2.45, 2.75) is 6.92 Å². The van der Waals surface area contributed by atoms with Gasteiger partial charge in [0, 0.05) is 11.1 Å². The Morgan fingerprint density at radius 3 is 2.35 bits per heavy atom. The minimum Gasteiger partial charge on any atom is -0.398 e. The third-order valence-electron chi connectivity index (χ3n) is 2.41. The molecule has 0 atom stereocenters. The fraction of sp³-hybridized carbons (Fsp3) is 0.0667. The van der Waals surface area contributed by atoms with Crippen molar-refractivity contribution in [3.63, 3.8) is 0 Å². The zero-order chi connectivity index (χ0) is 12.3. The maximum Gasteiger partial charge on any atom is 0.125 e. The van der Waals surface area contributed by atoms with E-state index in [9.17, 15) is 4.39 Å². The lowest BCUT2D eigenvalue weighted by atomic mass is 10.1. The van der Waals surface area contributed by atoms with Crippen LogP contribution in [0.2, 0.25) is 0 Å². The average Bonchev–Trinajstić information content (AvgIpc) is 2.30. The lowest BCUT2D eigenvalue weighted by Crippen LogP contribution is -1.91. The summed E-state index contributed by atoms with van der Waals surface area (Å²) in [6.07, 6.45) is 0. The highest BCUT2D eigenvalue weighted by Gasteiger charge is 1.96. The fourth-order valence-electron chi connectivity index (χ4n) is 1.42. The molecule has 2 rings (SSSR count). The van der Waals surface area contributed by atoms with E-state index in [0.717, 1.165) is 5.56 Å². The van der Waals surface area contributed by atoms with E-state index in [4.69, 9.17) is 5.73 Å². The Bertz CT molecular complexity index is 589. The lowest BCUT2D eigenvalue weighted by molar-refractivity contribution is 0.628. The average molecular weight is 225 g/mol. The number of anilines is 1. The van der Waals surface area contributed by atoms with Gasteiger partial charge in [-0.1, -0.05) is 29.5 Å². The minimum absolute atomic E-state index is 0.344. The van der Waals surface area contributed by atoms with E-state index >= 15 is 0 Å². The van der Waals surface area contributed by atoms with Gasteiger partial charge in [-0.15, -0.1) is 0 Å². The van der Waals surface area contributed by atoms with Crippen molar-refractivity contribution in [1.29, 1.82) is 0 Å². The second kappa shape index (κ2) is 4.71. The topological polar surface area (TPSA) is 26.0 Å². The van der Waals surface area contributed by atoms with E-state index in [1.165, 1.54) is 17.7 Å². The Balaban J connectivity index is 2.29. The number of aryl methyl sites for hydroxylation is 1. The molecule has 0 heterocycles. The van der Waals surface area contributed by atoms with Gasteiger partial charge in [-0.05, 0) is 37.3 Å². The molecule has 0 spiro atoms. The van der Waals surface area contributed by atoms with Crippen molar-refractivity contribution in [3.05, 3.63) is 65.0 Å². The summed E-state index contributed by atoms with van der Waals surface area (Å²) in [5.41, 5.74) is 8.79. The maximum atomic E-state index is 12.8. The summed E-state index contributed by atoms with van der Waals surface area (Å²) in [6.45, 7) is 2.02. The molecular formula is C15H12FN. The minimum atomic E-state index is -0.344. The monoisotopic (exact) mass is 225 g/mol. The van der Waals surface area contributed by atoms with Gasteiger partial charge in [0.05, 0.1) is 5.69 Å². The van der Waals surface area contributed by atoms with Crippen molar-refractivity contribution in [2.75, 3.05) is 5.73 Å². The Morgan fingerprint density at radius 1 is 1.00 bits per heavy atom. The molecule has 2 N–H and O–H groups in total. The molecule has 2 aromatic rings. The molecule has 1 nitrogen and oxygen atoms in total. The highest BCUT2D eigenvalue weighted by atomic mass is 19.1. The number of nitrogens with two attached hydrogens (primary N) is 1. The van der Waals surface area contributed by atoms with Crippen molar-refractivity contribution in [1.82, 2.24) is 0 Å². The number of rotatable bonds is 0. The predicted molar refractivity (Wildman–Crippen MR) is 68.0 cm³/mol. The van der Waals surface area contributed by atoms with Crippen molar-refractivity contribution in [2.24, 2.45) is 0 Å². The molecule has 17 heavy (non-hydrogen) atoms. The van der Waals surface area contributed by atoms with Crippen LogP contribution in [0.3, 0.4) is 0 Å². The van der Waals surface area contributed by atoms with Crippen LogP contribution in [0, 0.1) is 24.6 Å². The smallest absolute Gasteiger partial charge is 0.125 e. The van der Waals surface area contributed by atoms with E-state index < -0.39 is 0 Å². The molecule has 0 bridgehead atoms. The van der Waals surface area contributed by atoms with Crippen LogP contribution in [0.5, 0.6) is 0 Å². The standard InChI is InChI=1S/C15H12FN/c1-11-2-4-12(5-3-11)6-7-13-8-9-14(16)10-15(13)17/h2-5,8-10H,17H2,1H3. The van der Waals surface area contributed by atoms with Crippen molar-refractivity contribution < 1.29 is 4.39 Å². The molecule has 0 amide bonds. The predicted octanol–water partition coefficient (Wildman–Crippen LogP) is 3.12. The SMILES string of the molecule is Cc1ccc(C#Cc2ccc(F)cc2N)cc1. The number of halogens is 1. The van der Waals surface area contributed by atoms with Gasteiger partial charge in [-0.3, -0.25) is 0 Å². The van der Waals surface area contributed by atoms with Gasteiger partial charge in [0.1, 0.15) is 5.82 Å². The zero-order valence-electron chi connectivity index (χ0n) is 9.50. The van der Waals surface area contributed by atoms with Crippen LogP contribution in [-0.2, 0) is 0 Å². The molecule has 0 aliphatic rings. The fourth-order valence-corrected chi connectivity index (χ4v) is 1.42. The second-order valence-corrected chi connectivity index (χ2v) is 3.85. The second-order valence-electron chi connectivity index (χ2n) is 3.85. The van der Waals surface area contributed by atoms with Gasteiger partial charge in [-0.2, -0.15) is 0 Å². The van der Waals surface area contributed by atoms with E-state index in [1.807, 2.05) is 31.2 Å². The normalized spacial score (nSPS) is 9.53. The van der Waals surface area contributed by atoms with Gasteiger partial charge < -0.3 is 5.73 Å². The third-order valence-corrected chi connectivity index (χ3v) is 2.41. The van der Waals surface area contributed by atoms with E-state index in [-0.39, 0.29) is 5.82 Å². The van der Waals surface area contributed by atoms with Crippen LogP contribution >= 0.6 is 0 Å². The van der Waals surface area contributed by atoms with E-state index in [1.54, 1.807) is 6.07 Å². The molecule has 0 aliphatic carbocycles. The van der Waals surface area contributed by atoms with Crippen LogP contribution in [0.1, 0.15) is 16.7 Å². The summed E-state index contributed by atoms with van der Waals surface area (Å²) in [4.78, 5) is 0. The molecule has 2 aromatic carbocycles. The van der Waals surface area contributed by atoms with Gasteiger partial charge in [0.2, 0.25) is 0 Å². The van der Waals surface area contributed by atoms with Crippen LogP contribution in [0.4, 0.5) is 10.1 Å². The zero-order valence-corrected chi connectivity index (χ0v) is 9.50. The molecule has 0 aliphatic heterocycles. The van der Waals surface area contributed by atoms with Crippen molar-refractivity contribution >= 4 is 5.69 Å². The molecule has 0 unspecified atom stereocenters. The van der Waals surface area contributed by atoms with Gasteiger partial charge in [0.25, 0.3) is 0 Å². The van der Waals surface area contributed by atoms with Crippen LogP contribution in [0.15, 0.2) is 42.5 Å². The Hall–Kier alpha value is -2.27. The summed E-state index contributed by atoms with van der Waals surface area (Å²) in [5, 5.41) is 0. The summed E-state index contributed by atoms with van der Waals surface area (Å²) in [7, 11) is 0. The van der Waals surface area contributed by atoms with Crippen molar-refractivity contribution in [3.8, 4) is 11.8 Å². The summed E-state index contributed by atoms with van der Waals surface area (Å²) >= 11 is 0. The molecule has 84 valence electrons. The first-order chi connectivity index (χ1) is 8.15. The third kappa shape index (κ3) is 2.85. The largest absolute Gasteiger partial charge is 0.398 e. The highest BCUT2D eigenvalue weighted by Crippen LogP contribution is 2.12. The molecule has 0 fully saturated rings. The van der Waals surface area contributed by atoms with Gasteiger partial charge >= 0.3 is 0 Å². The van der Waals surface area contributed by atoms with Crippen LogP contribution < -0.4 is 5.73 Å². The first-order valence-electron chi connectivity index (χ1n) is 5.29. The summed E-state index contributed by atoms with van der Waals surface area (Å²) < 4.78 is 12.8. The van der Waals surface area contributed by atoms with Crippen LogP contribution in [-0.4, -0.2) is 0 Å². The summed E-state index contributed by atoms with van der Waals surface area (Å²) in [6, 6.07) is 12.1. The first kappa shape index (κ1) is 11.2. The molecule has 0 saturated carbocycles. The molecule has 0 aromatic heterocycles. The summed E-state index contributed by atoms with van der Waals surface area (Å²) in [5.74, 6) is 5.59. The molecule has 0 saturated heterocycles. The maximum absolute atomic E-state index is 12.8. The Labute approximate surface area is 100 Å². The van der Waals surface area contributed by atoms with Crippen LogP contribution in [0.25, 0.3) is 0 Å². The number of benzene rings is 2. The number of hydrogen-bond donors (Lipinski definition) is 1.